The van der Waals surface area contributed by atoms with E-state index in [1.165, 1.54) is 12.8 Å². The summed E-state index contributed by atoms with van der Waals surface area (Å²) in [5.41, 5.74) is 0.987. The van der Waals surface area contributed by atoms with E-state index in [1.807, 2.05) is 0 Å². The maximum absolute atomic E-state index is 5.68. The van der Waals surface area contributed by atoms with Crippen LogP contribution in [0.5, 0.6) is 0 Å². The highest BCUT2D eigenvalue weighted by molar-refractivity contribution is 6.29. The molecule has 0 N–H and O–H groups in total. The molecule has 0 aliphatic heterocycles. The Hall–Kier alpha value is -0.670. The molecular formula is C11H18ClN3. The second kappa shape index (κ2) is 6.75. The highest BCUT2D eigenvalue weighted by Gasteiger charge is 2.04. The number of hydrogen-bond acceptors (Lipinski definition) is 3. The lowest BCUT2D eigenvalue weighted by atomic mass is 10.3. The Balaban J connectivity index is 2.53. The van der Waals surface area contributed by atoms with Gasteiger partial charge in [0, 0.05) is 6.54 Å². The molecular weight excluding hydrogens is 210 g/mol. The Morgan fingerprint density at radius 2 is 1.80 bits per heavy atom. The molecule has 0 fully saturated rings. The van der Waals surface area contributed by atoms with Crippen LogP contribution in [0.25, 0.3) is 0 Å². The molecule has 3 nitrogen and oxygen atoms in total. The molecule has 0 atom stereocenters. The molecule has 0 saturated heterocycles. The van der Waals surface area contributed by atoms with Crippen molar-refractivity contribution in [3.63, 3.8) is 0 Å². The molecule has 0 spiro atoms. The van der Waals surface area contributed by atoms with E-state index in [0.29, 0.717) is 5.15 Å². The molecule has 1 aromatic heterocycles. The number of hydrogen-bond donors (Lipinski definition) is 0. The van der Waals surface area contributed by atoms with E-state index in [0.717, 1.165) is 25.3 Å². The number of aromatic nitrogens is 2. The van der Waals surface area contributed by atoms with Crippen molar-refractivity contribution in [3.8, 4) is 0 Å². The average Bonchev–Trinajstić information content (AvgIpc) is 2.22. The summed E-state index contributed by atoms with van der Waals surface area (Å²) in [4.78, 5) is 10.7. The first kappa shape index (κ1) is 12.4. The van der Waals surface area contributed by atoms with Crippen molar-refractivity contribution in [2.45, 2.75) is 33.2 Å². The van der Waals surface area contributed by atoms with Crippen molar-refractivity contribution >= 4 is 11.6 Å². The van der Waals surface area contributed by atoms with Crippen LogP contribution in [0.2, 0.25) is 5.15 Å². The molecule has 1 rings (SSSR count). The van der Waals surface area contributed by atoms with Crippen LogP contribution in [0.4, 0.5) is 0 Å². The van der Waals surface area contributed by atoms with Gasteiger partial charge in [-0.3, -0.25) is 9.88 Å². The van der Waals surface area contributed by atoms with E-state index in [2.05, 4.69) is 28.7 Å². The van der Waals surface area contributed by atoms with Gasteiger partial charge in [-0.15, -0.1) is 0 Å². The third-order valence-electron chi connectivity index (χ3n) is 2.14. The zero-order chi connectivity index (χ0) is 11.1. The standard InChI is InChI=1S/C11H18ClN3/c1-3-5-15(6-4-2)9-10-7-14-11(12)8-13-10/h7-8H,3-6,9H2,1-2H3. The minimum absolute atomic E-state index is 0.455. The van der Waals surface area contributed by atoms with Crippen molar-refractivity contribution in [2.24, 2.45) is 0 Å². The maximum atomic E-state index is 5.68. The molecule has 84 valence electrons. The minimum Gasteiger partial charge on any atom is -0.297 e. The molecule has 0 aliphatic carbocycles. The van der Waals surface area contributed by atoms with E-state index in [1.54, 1.807) is 12.4 Å². The van der Waals surface area contributed by atoms with Crippen molar-refractivity contribution in [1.82, 2.24) is 14.9 Å². The normalized spacial score (nSPS) is 10.9. The van der Waals surface area contributed by atoms with E-state index < -0.39 is 0 Å². The van der Waals surface area contributed by atoms with E-state index in [9.17, 15) is 0 Å². The van der Waals surface area contributed by atoms with Crippen LogP contribution in [0.15, 0.2) is 12.4 Å². The van der Waals surface area contributed by atoms with Crippen molar-refractivity contribution in [2.75, 3.05) is 13.1 Å². The SMILES string of the molecule is CCCN(CCC)Cc1cnc(Cl)cn1. The van der Waals surface area contributed by atoms with Crippen LogP contribution < -0.4 is 0 Å². The zero-order valence-corrected chi connectivity index (χ0v) is 10.2. The van der Waals surface area contributed by atoms with Crippen molar-refractivity contribution in [3.05, 3.63) is 23.2 Å². The van der Waals surface area contributed by atoms with Crippen LogP contribution >= 0.6 is 11.6 Å². The third kappa shape index (κ3) is 4.58. The van der Waals surface area contributed by atoms with Crippen LogP contribution in [0, 0.1) is 0 Å². The second-order valence-corrected chi connectivity index (χ2v) is 3.99. The topological polar surface area (TPSA) is 29.0 Å². The van der Waals surface area contributed by atoms with Crippen LogP contribution in [-0.2, 0) is 6.54 Å². The number of rotatable bonds is 6. The molecule has 0 aliphatic rings. The average molecular weight is 228 g/mol. The lowest BCUT2D eigenvalue weighted by molar-refractivity contribution is 0.263. The fourth-order valence-electron chi connectivity index (χ4n) is 1.55. The Morgan fingerprint density at radius 3 is 2.27 bits per heavy atom. The van der Waals surface area contributed by atoms with Gasteiger partial charge >= 0.3 is 0 Å². The molecule has 0 unspecified atom stereocenters. The predicted octanol–water partition coefficient (Wildman–Crippen LogP) is 2.75. The fraction of sp³-hybridized carbons (Fsp3) is 0.636. The van der Waals surface area contributed by atoms with Gasteiger partial charge in [0.25, 0.3) is 0 Å². The number of halogens is 1. The van der Waals surface area contributed by atoms with E-state index in [4.69, 9.17) is 11.6 Å². The molecule has 1 aromatic rings. The summed E-state index contributed by atoms with van der Waals surface area (Å²) >= 11 is 5.68. The summed E-state index contributed by atoms with van der Waals surface area (Å²) in [5, 5.41) is 0.455. The molecule has 1 heterocycles. The summed E-state index contributed by atoms with van der Waals surface area (Å²) in [6.07, 6.45) is 5.69. The zero-order valence-electron chi connectivity index (χ0n) is 9.41. The summed E-state index contributed by atoms with van der Waals surface area (Å²) in [5.74, 6) is 0. The summed E-state index contributed by atoms with van der Waals surface area (Å²) in [7, 11) is 0. The van der Waals surface area contributed by atoms with Gasteiger partial charge in [-0.25, -0.2) is 4.98 Å². The van der Waals surface area contributed by atoms with Gasteiger partial charge in [0.1, 0.15) is 5.15 Å². The van der Waals surface area contributed by atoms with Gasteiger partial charge < -0.3 is 0 Å². The summed E-state index contributed by atoms with van der Waals surface area (Å²) < 4.78 is 0. The first-order valence-electron chi connectivity index (χ1n) is 5.45. The molecule has 15 heavy (non-hydrogen) atoms. The van der Waals surface area contributed by atoms with Crippen molar-refractivity contribution in [1.29, 1.82) is 0 Å². The van der Waals surface area contributed by atoms with Crippen LogP contribution in [0.1, 0.15) is 32.4 Å². The Bertz CT molecular complexity index is 268. The molecule has 0 saturated carbocycles. The lowest BCUT2D eigenvalue weighted by Gasteiger charge is -2.19. The van der Waals surface area contributed by atoms with Gasteiger partial charge in [0.15, 0.2) is 0 Å². The predicted molar refractivity (Wildman–Crippen MR) is 62.9 cm³/mol. The van der Waals surface area contributed by atoms with E-state index in [-0.39, 0.29) is 0 Å². The quantitative estimate of drug-likeness (QED) is 0.749. The third-order valence-corrected chi connectivity index (χ3v) is 2.33. The first-order valence-corrected chi connectivity index (χ1v) is 5.82. The largest absolute Gasteiger partial charge is 0.297 e. The van der Waals surface area contributed by atoms with Gasteiger partial charge in [-0.2, -0.15) is 0 Å². The smallest absolute Gasteiger partial charge is 0.147 e. The number of nitrogens with zero attached hydrogens (tertiary/aromatic N) is 3. The maximum Gasteiger partial charge on any atom is 0.147 e. The molecule has 0 aromatic carbocycles. The molecule has 4 heteroatoms. The van der Waals surface area contributed by atoms with Gasteiger partial charge in [0.2, 0.25) is 0 Å². The van der Waals surface area contributed by atoms with Crippen molar-refractivity contribution < 1.29 is 0 Å². The van der Waals surface area contributed by atoms with Gasteiger partial charge in [-0.05, 0) is 25.9 Å². The minimum atomic E-state index is 0.455. The first-order chi connectivity index (χ1) is 7.26. The van der Waals surface area contributed by atoms with Crippen LogP contribution in [0.3, 0.4) is 0 Å². The van der Waals surface area contributed by atoms with E-state index >= 15 is 0 Å². The second-order valence-electron chi connectivity index (χ2n) is 3.61. The highest BCUT2D eigenvalue weighted by Crippen LogP contribution is 2.05. The summed E-state index contributed by atoms with van der Waals surface area (Å²) in [6.45, 7) is 7.47. The Labute approximate surface area is 96.5 Å². The Kier molecular flexibility index (Phi) is 5.58. The molecule has 0 amide bonds. The molecule has 0 bridgehead atoms. The monoisotopic (exact) mass is 227 g/mol. The van der Waals surface area contributed by atoms with Gasteiger partial charge in [-0.1, -0.05) is 25.4 Å². The highest BCUT2D eigenvalue weighted by atomic mass is 35.5. The van der Waals surface area contributed by atoms with Crippen LogP contribution in [-0.4, -0.2) is 28.0 Å². The molecule has 0 radical (unpaired) electrons. The Morgan fingerprint density at radius 1 is 1.13 bits per heavy atom. The summed E-state index contributed by atoms with van der Waals surface area (Å²) in [6, 6.07) is 0. The van der Waals surface area contributed by atoms with Gasteiger partial charge in [0.05, 0.1) is 18.1 Å². The fourth-order valence-corrected chi connectivity index (χ4v) is 1.65. The lowest BCUT2D eigenvalue weighted by Crippen LogP contribution is -2.25.